The fourth-order valence-corrected chi connectivity index (χ4v) is 2.60. The van der Waals surface area contributed by atoms with E-state index in [4.69, 9.17) is 0 Å². The molecule has 0 fully saturated rings. The minimum Gasteiger partial charge on any atom is -0.319 e. The van der Waals surface area contributed by atoms with E-state index in [1.165, 1.54) is 0 Å². The molecule has 4 aromatic rings. The Morgan fingerprint density at radius 2 is 1.42 bits per heavy atom. The average molecular weight is 507 g/mol. The summed E-state index contributed by atoms with van der Waals surface area (Å²) in [4.78, 5) is 9.52. The molecule has 0 atom stereocenters. The molecule has 0 bridgehead atoms. The fraction of sp³-hybridized carbons (Fsp3) is 0. The third kappa shape index (κ3) is 5.20. The summed E-state index contributed by atoms with van der Waals surface area (Å²) >= 11 is 1.66. The summed E-state index contributed by atoms with van der Waals surface area (Å²) in [5, 5.41) is 2.00. The second kappa shape index (κ2) is 9.89. The van der Waals surface area contributed by atoms with E-state index in [0.29, 0.717) is 0 Å². The summed E-state index contributed by atoms with van der Waals surface area (Å²) in [7, 11) is 0. The zero-order valence-electron chi connectivity index (χ0n) is 12.7. The van der Waals surface area contributed by atoms with Crippen molar-refractivity contribution in [2.24, 2.45) is 0 Å². The van der Waals surface area contributed by atoms with Crippen LogP contribution in [0.25, 0.3) is 21.8 Å². The van der Waals surface area contributed by atoms with Crippen LogP contribution in [0.4, 0.5) is 0 Å². The Hall–Kier alpha value is -2.13. The second-order valence-electron chi connectivity index (χ2n) is 4.60. The van der Waals surface area contributed by atoms with Gasteiger partial charge < -0.3 is 9.97 Å². The zero-order valence-corrected chi connectivity index (χ0v) is 15.9. The predicted octanol–water partition coefficient (Wildman–Crippen LogP) is 5.16. The molecule has 1 aromatic carbocycles. The smallest absolute Gasteiger partial charge is 0.0160 e. The van der Waals surface area contributed by atoms with Crippen molar-refractivity contribution in [3.05, 3.63) is 96.6 Å². The summed E-state index contributed by atoms with van der Waals surface area (Å²) in [5.74, 6) is 0. The molecule has 1 radical (unpaired) electrons. The van der Waals surface area contributed by atoms with Gasteiger partial charge in [0, 0.05) is 32.5 Å². The van der Waals surface area contributed by atoms with Gasteiger partial charge in [-0.1, -0.05) is 29.1 Å². The molecule has 0 aliphatic heterocycles. The molecule has 4 heteroatoms. The van der Waals surface area contributed by atoms with E-state index < -0.39 is 0 Å². The number of nitrogens with zero attached hydrogens (tertiary/aromatic N) is 2. The van der Waals surface area contributed by atoms with Gasteiger partial charge in [-0.15, -0.1) is 41.3 Å². The number of hydrogen-bond acceptors (Lipinski definition) is 3. The van der Waals surface area contributed by atoms with Crippen molar-refractivity contribution in [3.63, 3.8) is 0 Å². The molecule has 0 unspecified atom stereocenters. The van der Waals surface area contributed by atoms with Crippen molar-refractivity contribution in [1.82, 2.24) is 9.97 Å². The van der Waals surface area contributed by atoms with E-state index in [1.807, 2.05) is 72.1 Å². The molecule has 0 aliphatic carbocycles. The first-order valence-corrected chi connectivity index (χ1v) is 8.06. The maximum atomic E-state index is 4.22. The molecule has 2 nitrogen and oxygen atoms in total. The molecule has 24 heavy (non-hydrogen) atoms. The maximum Gasteiger partial charge on any atom is 0.0160 e. The van der Waals surface area contributed by atoms with Crippen LogP contribution in [0.2, 0.25) is 0 Å². The number of hydrogen-bond donors (Lipinski definition) is 0. The van der Waals surface area contributed by atoms with E-state index in [1.54, 1.807) is 23.7 Å². The Bertz CT molecular complexity index is 767. The normalized spacial score (nSPS) is 9.33. The van der Waals surface area contributed by atoms with Gasteiger partial charge in [0.15, 0.2) is 0 Å². The number of aromatic nitrogens is 2. The monoisotopic (exact) mass is 507 g/mol. The summed E-state index contributed by atoms with van der Waals surface area (Å²) in [6.07, 6.45) is 3.58. The van der Waals surface area contributed by atoms with E-state index >= 15 is 0 Å². The minimum absolute atomic E-state index is 0. The molecule has 4 rings (SSSR count). The van der Waals surface area contributed by atoms with Gasteiger partial charge in [-0.25, -0.2) is 11.3 Å². The van der Waals surface area contributed by atoms with Crippen LogP contribution in [0.15, 0.2) is 84.5 Å². The molecular weight excluding hydrogens is 493 g/mol. The Morgan fingerprint density at radius 1 is 0.708 bits per heavy atom. The summed E-state index contributed by atoms with van der Waals surface area (Å²) in [5.41, 5.74) is 3.01. The SMILES string of the molecule is [Ir].[c-]1ccccc1-c1ccccn1.[c-]1ccsc1-c1ccccn1. The van der Waals surface area contributed by atoms with Crippen molar-refractivity contribution >= 4 is 11.3 Å². The number of thiophene rings is 1. The van der Waals surface area contributed by atoms with Gasteiger partial charge in [-0.3, -0.25) is 0 Å². The first-order chi connectivity index (χ1) is 11.4. The summed E-state index contributed by atoms with van der Waals surface area (Å²) < 4.78 is 0. The molecule has 3 aromatic heterocycles. The molecule has 0 aliphatic rings. The Balaban J connectivity index is 0.000000167. The first-order valence-electron chi connectivity index (χ1n) is 7.18. The van der Waals surface area contributed by atoms with Crippen LogP contribution in [0.3, 0.4) is 0 Å². The molecule has 0 saturated carbocycles. The molecule has 0 spiro atoms. The standard InChI is InChI=1S/C11H8N.C9H6NS.Ir/c1-2-6-10(7-3-1)11-8-4-5-9-12-11;1-2-6-10-8(4-1)9-5-3-7-11-9;/h1-6,8-9H;1-4,6-7H;/q2*-1;. The third-order valence-corrected chi connectivity index (χ3v) is 3.85. The van der Waals surface area contributed by atoms with Gasteiger partial charge in [0.25, 0.3) is 0 Å². The van der Waals surface area contributed by atoms with Crippen LogP contribution in [0, 0.1) is 12.1 Å². The summed E-state index contributed by atoms with van der Waals surface area (Å²) in [6, 6.07) is 27.7. The van der Waals surface area contributed by atoms with Gasteiger partial charge in [-0.05, 0) is 23.5 Å². The Labute approximate surface area is 159 Å². The van der Waals surface area contributed by atoms with Crippen molar-refractivity contribution in [1.29, 1.82) is 0 Å². The van der Waals surface area contributed by atoms with Crippen molar-refractivity contribution < 1.29 is 20.1 Å². The van der Waals surface area contributed by atoms with Gasteiger partial charge in [0.1, 0.15) is 0 Å². The van der Waals surface area contributed by atoms with Gasteiger partial charge in [0.05, 0.1) is 0 Å². The molecule has 0 amide bonds. The quantitative estimate of drug-likeness (QED) is 0.351. The van der Waals surface area contributed by atoms with Crippen LogP contribution in [-0.4, -0.2) is 9.97 Å². The maximum absolute atomic E-state index is 4.22. The third-order valence-electron chi connectivity index (χ3n) is 3.02. The van der Waals surface area contributed by atoms with Crippen LogP contribution in [0.5, 0.6) is 0 Å². The molecule has 3 heterocycles. The molecule has 0 saturated heterocycles. The molecule has 121 valence electrons. The van der Waals surface area contributed by atoms with Crippen LogP contribution in [-0.2, 0) is 20.1 Å². The fourth-order valence-electron chi connectivity index (χ4n) is 1.95. The zero-order chi connectivity index (χ0) is 15.7. The molecule has 0 N–H and O–H groups in total. The Morgan fingerprint density at radius 3 is 1.96 bits per heavy atom. The largest absolute Gasteiger partial charge is 0.319 e. The summed E-state index contributed by atoms with van der Waals surface area (Å²) in [6.45, 7) is 0. The van der Waals surface area contributed by atoms with Gasteiger partial charge in [-0.2, -0.15) is 12.1 Å². The van der Waals surface area contributed by atoms with Crippen LogP contribution < -0.4 is 0 Å². The van der Waals surface area contributed by atoms with E-state index in [0.717, 1.165) is 21.8 Å². The van der Waals surface area contributed by atoms with Crippen LogP contribution >= 0.6 is 11.3 Å². The van der Waals surface area contributed by atoms with Crippen molar-refractivity contribution in [2.45, 2.75) is 0 Å². The number of rotatable bonds is 2. The van der Waals surface area contributed by atoms with Gasteiger partial charge >= 0.3 is 0 Å². The number of pyridine rings is 2. The van der Waals surface area contributed by atoms with Gasteiger partial charge in [0.2, 0.25) is 0 Å². The molecular formula is C20H14IrN2S-2. The van der Waals surface area contributed by atoms with E-state index in [-0.39, 0.29) is 20.1 Å². The second-order valence-corrected chi connectivity index (χ2v) is 5.52. The topological polar surface area (TPSA) is 25.8 Å². The van der Waals surface area contributed by atoms with E-state index in [9.17, 15) is 0 Å². The number of benzene rings is 1. The first kappa shape index (κ1) is 18.2. The average Bonchev–Trinajstić information content (AvgIpc) is 3.19. The minimum atomic E-state index is 0. The van der Waals surface area contributed by atoms with Crippen molar-refractivity contribution in [3.8, 4) is 21.8 Å². The predicted molar refractivity (Wildman–Crippen MR) is 94.9 cm³/mol. The van der Waals surface area contributed by atoms with Crippen molar-refractivity contribution in [2.75, 3.05) is 0 Å². The Kier molecular flexibility index (Phi) is 7.50. The van der Waals surface area contributed by atoms with Crippen LogP contribution in [0.1, 0.15) is 0 Å². The van der Waals surface area contributed by atoms with E-state index in [2.05, 4.69) is 22.1 Å².